The normalized spacial score (nSPS) is 18.9. The van der Waals surface area contributed by atoms with E-state index in [2.05, 4.69) is 11.9 Å². The first kappa shape index (κ1) is 11.2. The lowest BCUT2D eigenvalue weighted by molar-refractivity contribution is 0.0689. The number of carboxylic acids is 1. The summed E-state index contributed by atoms with van der Waals surface area (Å²) in [6.45, 7) is 3.78. The molecule has 16 heavy (non-hydrogen) atoms. The van der Waals surface area contributed by atoms with Gasteiger partial charge in [0.05, 0.1) is 0 Å². The van der Waals surface area contributed by atoms with Gasteiger partial charge in [0.15, 0.2) is 5.69 Å². The molecule has 1 aliphatic rings. The van der Waals surface area contributed by atoms with E-state index in [1.807, 2.05) is 0 Å². The summed E-state index contributed by atoms with van der Waals surface area (Å²) < 4.78 is 5.56. The molecule has 0 atom stereocenters. The third-order valence-electron chi connectivity index (χ3n) is 3.69. The Morgan fingerprint density at radius 2 is 2.12 bits per heavy atom. The summed E-state index contributed by atoms with van der Waals surface area (Å²) in [7, 11) is 0. The molecule has 0 aromatic carbocycles. The average Bonchev–Trinajstić information content (AvgIpc) is 2.84. The summed E-state index contributed by atoms with van der Waals surface area (Å²) >= 11 is 0. The third-order valence-corrected chi connectivity index (χ3v) is 3.69. The maximum Gasteiger partial charge on any atom is 0.358 e. The summed E-state index contributed by atoms with van der Waals surface area (Å²) in [6.07, 6.45) is 5.44. The lowest BCUT2D eigenvalue weighted by Crippen LogP contribution is -2.21. The topological polar surface area (TPSA) is 63.3 Å². The van der Waals surface area contributed by atoms with Gasteiger partial charge in [0, 0.05) is 5.41 Å². The number of hydrogen-bond donors (Lipinski definition) is 1. The van der Waals surface area contributed by atoms with Crippen LogP contribution in [0, 0.1) is 6.92 Å². The van der Waals surface area contributed by atoms with Gasteiger partial charge in [-0.25, -0.2) is 9.78 Å². The summed E-state index contributed by atoms with van der Waals surface area (Å²) in [5.74, 6) is 0.0429. The molecule has 1 aromatic rings. The van der Waals surface area contributed by atoms with Gasteiger partial charge in [-0.2, -0.15) is 0 Å². The van der Waals surface area contributed by atoms with Crippen LogP contribution in [0.4, 0.5) is 0 Å². The van der Waals surface area contributed by atoms with Crippen molar-refractivity contribution in [3.05, 3.63) is 17.3 Å². The van der Waals surface area contributed by atoms with Crippen LogP contribution in [0.2, 0.25) is 0 Å². The Hall–Kier alpha value is -1.32. The molecule has 0 saturated heterocycles. The molecule has 4 nitrogen and oxygen atoms in total. The Labute approximate surface area is 94.7 Å². The molecule has 2 rings (SSSR count). The Kier molecular flexibility index (Phi) is 2.74. The van der Waals surface area contributed by atoms with Crippen LogP contribution in [-0.2, 0) is 5.41 Å². The van der Waals surface area contributed by atoms with Crippen molar-refractivity contribution >= 4 is 5.97 Å². The highest BCUT2D eigenvalue weighted by Gasteiger charge is 2.39. The van der Waals surface area contributed by atoms with Gasteiger partial charge >= 0.3 is 5.97 Å². The van der Waals surface area contributed by atoms with Gasteiger partial charge in [-0.15, -0.1) is 0 Å². The summed E-state index contributed by atoms with van der Waals surface area (Å²) in [5.41, 5.74) is 0.0491. The highest BCUT2D eigenvalue weighted by molar-refractivity contribution is 5.86. The van der Waals surface area contributed by atoms with E-state index in [0.29, 0.717) is 11.7 Å². The predicted octanol–water partition coefficient (Wildman–Crippen LogP) is 2.90. The molecule has 0 radical (unpaired) electrons. The maximum absolute atomic E-state index is 10.9. The van der Waals surface area contributed by atoms with Crippen molar-refractivity contribution in [1.29, 1.82) is 0 Å². The Morgan fingerprint density at radius 1 is 1.50 bits per heavy atom. The zero-order valence-electron chi connectivity index (χ0n) is 9.75. The van der Waals surface area contributed by atoms with Gasteiger partial charge in [-0.05, 0) is 26.2 Å². The maximum atomic E-state index is 10.9. The number of hydrogen-bond acceptors (Lipinski definition) is 3. The molecule has 0 aliphatic heterocycles. The molecule has 0 bridgehead atoms. The van der Waals surface area contributed by atoms with Crippen LogP contribution in [0.25, 0.3) is 0 Å². The molecule has 4 heteroatoms. The number of aryl methyl sites for hydroxylation is 1. The van der Waals surface area contributed by atoms with E-state index in [0.717, 1.165) is 19.3 Å². The number of oxazole rings is 1. The minimum atomic E-state index is -1.00. The monoisotopic (exact) mass is 223 g/mol. The fraction of sp³-hybridized carbons (Fsp3) is 0.667. The van der Waals surface area contributed by atoms with Crippen molar-refractivity contribution in [2.24, 2.45) is 0 Å². The van der Waals surface area contributed by atoms with Crippen LogP contribution >= 0.6 is 0 Å². The van der Waals surface area contributed by atoms with E-state index in [-0.39, 0.29) is 11.1 Å². The van der Waals surface area contributed by atoms with Gasteiger partial charge in [-0.3, -0.25) is 0 Å². The second kappa shape index (κ2) is 3.92. The molecule has 1 aromatic heterocycles. The van der Waals surface area contributed by atoms with Gasteiger partial charge in [0.1, 0.15) is 5.76 Å². The van der Waals surface area contributed by atoms with Crippen molar-refractivity contribution in [3.8, 4) is 0 Å². The number of carbonyl (C=O) groups is 1. The van der Waals surface area contributed by atoms with Gasteiger partial charge in [0.25, 0.3) is 0 Å². The van der Waals surface area contributed by atoms with Crippen molar-refractivity contribution in [2.75, 3.05) is 0 Å². The van der Waals surface area contributed by atoms with Gasteiger partial charge < -0.3 is 9.52 Å². The van der Waals surface area contributed by atoms with Crippen LogP contribution in [0.15, 0.2) is 4.42 Å². The lowest BCUT2D eigenvalue weighted by atomic mass is 9.83. The van der Waals surface area contributed by atoms with Gasteiger partial charge in [-0.1, -0.05) is 19.8 Å². The second-order valence-corrected chi connectivity index (χ2v) is 4.57. The molecule has 1 heterocycles. The number of carboxylic acid groups (broad SMARTS) is 1. The summed E-state index contributed by atoms with van der Waals surface area (Å²) in [5, 5.41) is 8.96. The summed E-state index contributed by atoms with van der Waals surface area (Å²) in [6, 6.07) is 0. The molecule has 1 fully saturated rings. The minimum Gasteiger partial charge on any atom is -0.476 e. The first-order valence-electron chi connectivity index (χ1n) is 5.80. The van der Waals surface area contributed by atoms with Crippen molar-refractivity contribution in [2.45, 2.75) is 51.4 Å². The third kappa shape index (κ3) is 1.62. The van der Waals surface area contributed by atoms with E-state index in [1.165, 1.54) is 12.8 Å². The highest BCUT2D eigenvalue weighted by atomic mass is 16.4. The largest absolute Gasteiger partial charge is 0.476 e. The van der Waals surface area contributed by atoms with E-state index in [4.69, 9.17) is 9.52 Å². The lowest BCUT2D eigenvalue weighted by Gasteiger charge is -2.22. The molecular weight excluding hydrogens is 206 g/mol. The van der Waals surface area contributed by atoms with Crippen molar-refractivity contribution in [3.63, 3.8) is 0 Å². The fourth-order valence-electron chi connectivity index (χ4n) is 2.59. The standard InChI is InChI=1S/C12H17NO3/c1-3-12(6-4-5-7-12)11-13-9(10(14)15)8(2)16-11/h3-7H2,1-2H3,(H,14,15). The Bertz CT molecular complexity index is 402. The van der Waals surface area contributed by atoms with Crippen LogP contribution in [0.3, 0.4) is 0 Å². The average molecular weight is 223 g/mol. The molecule has 0 unspecified atom stereocenters. The van der Waals surface area contributed by atoms with E-state index in [1.54, 1.807) is 6.92 Å². The second-order valence-electron chi connectivity index (χ2n) is 4.57. The molecular formula is C12H17NO3. The zero-order valence-corrected chi connectivity index (χ0v) is 9.75. The molecule has 1 N–H and O–H groups in total. The summed E-state index contributed by atoms with van der Waals surface area (Å²) in [4.78, 5) is 15.1. The number of rotatable bonds is 3. The first-order chi connectivity index (χ1) is 7.59. The number of aromatic nitrogens is 1. The molecule has 88 valence electrons. The van der Waals surface area contributed by atoms with Gasteiger partial charge in [0.2, 0.25) is 5.89 Å². The van der Waals surface area contributed by atoms with Crippen LogP contribution in [0.5, 0.6) is 0 Å². The predicted molar refractivity (Wildman–Crippen MR) is 58.6 cm³/mol. The SMILES string of the molecule is CCC1(c2nc(C(=O)O)c(C)o2)CCCC1. The van der Waals surface area contributed by atoms with Crippen LogP contribution < -0.4 is 0 Å². The Morgan fingerprint density at radius 3 is 2.56 bits per heavy atom. The number of nitrogens with zero attached hydrogens (tertiary/aromatic N) is 1. The number of aromatic carboxylic acids is 1. The Balaban J connectivity index is 2.39. The molecule has 1 saturated carbocycles. The smallest absolute Gasteiger partial charge is 0.358 e. The zero-order chi connectivity index (χ0) is 11.8. The van der Waals surface area contributed by atoms with E-state index >= 15 is 0 Å². The highest BCUT2D eigenvalue weighted by Crippen LogP contribution is 2.43. The van der Waals surface area contributed by atoms with E-state index < -0.39 is 5.97 Å². The van der Waals surface area contributed by atoms with Crippen molar-refractivity contribution in [1.82, 2.24) is 4.98 Å². The van der Waals surface area contributed by atoms with E-state index in [9.17, 15) is 4.79 Å². The quantitative estimate of drug-likeness (QED) is 0.855. The molecule has 0 amide bonds. The minimum absolute atomic E-state index is 0.0154. The van der Waals surface area contributed by atoms with Crippen LogP contribution in [0.1, 0.15) is 61.2 Å². The first-order valence-corrected chi connectivity index (χ1v) is 5.80. The van der Waals surface area contributed by atoms with Crippen molar-refractivity contribution < 1.29 is 14.3 Å². The fourth-order valence-corrected chi connectivity index (χ4v) is 2.59. The molecule has 1 aliphatic carbocycles. The molecule has 0 spiro atoms. The van der Waals surface area contributed by atoms with Crippen LogP contribution in [-0.4, -0.2) is 16.1 Å².